The maximum Gasteiger partial charge on any atom is 0.322 e. The SMILES string of the molecule is Cc1ccccc1-c1noc(C2CCCN2C(=O)Nc2ccc(F)cc2F)n1. The number of carbonyl (C=O) groups excluding carboxylic acids is 1. The van der Waals surface area contributed by atoms with Gasteiger partial charge in [-0.3, -0.25) is 0 Å². The highest BCUT2D eigenvalue weighted by molar-refractivity contribution is 5.89. The molecule has 1 aliphatic rings. The minimum absolute atomic E-state index is 0.0804. The molecule has 0 aliphatic carbocycles. The van der Waals surface area contributed by atoms with Crippen LogP contribution in [-0.4, -0.2) is 27.6 Å². The van der Waals surface area contributed by atoms with Crippen LogP contribution in [0.4, 0.5) is 19.3 Å². The van der Waals surface area contributed by atoms with Gasteiger partial charge in [-0.1, -0.05) is 29.4 Å². The molecule has 3 aromatic rings. The standard InChI is InChI=1S/C20H18F2N4O2/c1-12-5-2-3-6-14(12)18-24-19(28-25-18)17-7-4-10-26(17)20(27)23-16-9-8-13(21)11-15(16)22/h2-3,5-6,8-9,11,17H,4,7,10H2,1H3,(H,23,27). The van der Waals surface area contributed by atoms with E-state index >= 15 is 0 Å². The minimum Gasteiger partial charge on any atom is -0.337 e. The van der Waals surface area contributed by atoms with Crippen molar-refractivity contribution in [3.63, 3.8) is 0 Å². The fraction of sp³-hybridized carbons (Fsp3) is 0.250. The van der Waals surface area contributed by atoms with Crippen molar-refractivity contribution in [2.75, 3.05) is 11.9 Å². The summed E-state index contributed by atoms with van der Waals surface area (Å²) in [5, 5.41) is 6.53. The fourth-order valence-corrected chi connectivity index (χ4v) is 3.35. The van der Waals surface area contributed by atoms with E-state index in [1.54, 1.807) is 0 Å². The summed E-state index contributed by atoms with van der Waals surface area (Å²) < 4.78 is 32.3. The van der Waals surface area contributed by atoms with Crippen LogP contribution in [-0.2, 0) is 0 Å². The van der Waals surface area contributed by atoms with Gasteiger partial charge >= 0.3 is 6.03 Å². The molecule has 1 aromatic heterocycles. The lowest BCUT2D eigenvalue weighted by Crippen LogP contribution is -2.34. The maximum absolute atomic E-state index is 13.8. The third kappa shape index (κ3) is 3.45. The minimum atomic E-state index is -0.830. The molecule has 2 aromatic carbocycles. The van der Waals surface area contributed by atoms with Gasteiger partial charge < -0.3 is 14.7 Å². The van der Waals surface area contributed by atoms with Crippen LogP contribution < -0.4 is 5.32 Å². The van der Waals surface area contributed by atoms with Crippen LogP contribution in [0.1, 0.15) is 30.3 Å². The number of rotatable bonds is 3. The normalized spacial score (nSPS) is 16.4. The van der Waals surface area contributed by atoms with Gasteiger partial charge in [0.1, 0.15) is 17.7 Å². The van der Waals surface area contributed by atoms with Gasteiger partial charge in [0.05, 0.1) is 5.69 Å². The molecule has 1 fully saturated rings. The fourth-order valence-electron chi connectivity index (χ4n) is 3.35. The smallest absolute Gasteiger partial charge is 0.322 e. The Morgan fingerprint density at radius 1 is 1.25 bits per heavy atom. The van der Waals surface area contributed by atoms with Gasteiger partial charge in [0.15, 0.2) is 0 Å². The molecule has 8 heteroatoms. The van der Waals surface area contributed by atoms with Gasteiger partial charge in [0.25, 0.3) is 0 Å². The van der Waals surface area contributed by atoms with E-state index in [4.69, 9.17) is 4.52 Å². The van der Waals surface area contributed by atoms with E-state index in [0.717, 1.165) is 29.7 Å². The van der Waals surface area contributed by atoms with Crippen molar-refractivity contribution < 1.29 is 18.1 Å². The molecule has 1 unspecified atom stereocenters. The number of anilines is 1. The number of nitrogens with zero attached hydrogens (tertiary/aromatic N) is 3. The van der Waals surface area contributed by atoms with Crippen LogP contribution in [0.15, 0.2) is 47.0 Å². The highest BCUT2D eigenvalue weighted by atomic mass is 19.1. The highest BCUT2D eigenvalue weighted by Crippen LogP contribution is 2.33. The van der Waals surface area contributed by atoms with Gasteiger partial charge in [-0.05, 0) is 37.5 Å². The third-order valence-electron chi connectivity index (χ3n) is 4.80. The molecule has 2 amide bonds. The van der Waals surface area contributed by atoms with Crippen molar-refractivity contribution in [1.29, 1.82) is 0 Å². The summed E-state index contributed by atoms with van der Waals surface area (Å²) in [7, 11) is 0. The van der Waals surface area contributed by atoms with E-state index < -0.39 is 23.7 Å². The summed E-state index contributed by atoms with van der Waals surface area (Å²) in [4.78, 5) is 18.6. The number of hydrogen-bond donors (Lipinski definition) is 1. The van der Waals surface area contributed by atoms with Gasteiger partial charge in [-0.2, -0.15) is 4.98 Å². The summed E-state index contributed by atoms with van der Waals surface area (Å²) in [6, 6.07) is 9.80. The van der Waals surface area contributed by atoms with Crippen molar-refractivity contribution >= 4 is 11.7 Å². The first-order valence-electron chi connectivity index (χ1n) is 8.95. The number of amides is 2. The van der Waals surface area contributed by atoms with Crippen LogP contribution in [0.5, 0.6) is 0 Å². The van der Waals surface area contributed by atoms with Crippen molar-refractivity contribution in [1.82, 2.24) is 15.0 Å². The number of halogens is 2. The first-order chi connectivity index (χ1) is 13.5. The highest BCUT2D eigenvalue weighted by Gasteiger charge is 2.34. The number of carbonyl (C=O) groups is 1. The molecule has 1 saturated heterocycles. The Morgan fingerprint density at radius 2 is 2.07 bits per heavy atom. The lowest BCUT2D eigenvalue weighted by molar-refractivity contribution is 0.193. The second-order valence-electron chi connectivity index (χ2n) is 6.68. The summed E-state index contributed by atoms with van der Waals surface area (Å²) in [6.45, 7) is 2.43. The number of urea groups is 1. The Labute approximate surface area is 160 Å². The predicted molar refractivity (Wildman–Crippen MR) is 98.5 cm³/mol. The average Bonchev–Trinajstić information content (AvgIpc) is 3.33. The molecule has 1 aliphatic heterocycles. The molecular weight excluding hydrogens is 366 g/mol. The summed E-state index contributed by atoms with van der Waals surface area (Å²) in [5.41, 5.74) is 1.80. The molecule has 0 spiro atoms. The molecule has 28 heavy (non-hydrogen) atoms. The monoisotopic (exact) mass is 384 g/mol. The first-order valence-corrected chi connectivity index (χ1v) is 8.95. The Hall–Kier alpha value is -3.29. The first kappa shape index (κ1) is 18.1. The van der Waals surface area contributed by atoms with Crippen molar-refractivity contribution in [3.8, 4) is 11.4 Å². The molecule has 1 N–H and O–H groups in total. The average molecular weight is 384 g/mol. The number of aromatic nitrogens is 2. The van der Waals surface area contributed by atoms with Gasteiger partial charge in [-0.25, -0.2) is 13.6 Å². The molecule has 2 heterocycles. The summed E-state index contributed by atoms with van der Waals surface area (Å²) >= 11 is 0. The van der Waals surface area contributed by atoms with E-state index in [1.807, 2.05) is 31.2 Å². The van der Waals surface area contributed by atoms with E-state index in [1.165, 1.54) is 11.0 Å². The Kier molecular flexibility index (Phi) is 4.77. The lowest BCUT2D eigenvalue weighted by atomic mass is 10.1. The van der Waals surface area contributed by atoms with E-state index in [-0.39, 0.29) is 5.69 Å². The second-order valence-corrected chi connectivity index (χ2v) is 6.68. The van der Waals surface area contributed by atoms with Gasteiger partial charge in [0.2, 0.25) is 11.7 Å². The van der Waals surface area contributed by atoms with E-state index in [2.05, 4.69) is 15.5 Å². The Bertz CT molecular complexity index is 1020. The number of hydrogen-bond acceptors (Lipinski definition) is 4. The topological polar surface area (TPSA) is 71.3 Å². The van der Waals surface area contributed by atoms with Crippen LogP contribution in [0.2, 0.25) is 0 Å². The third-order valence-corrected chi connectivity index (χ3v) is 4.80. The second kappa shape index (κ2) is 7.38. The molecule has 0 bridgehead atoms. The predicted octanol–water partition coefficient (Wildman–Crippen LogP) is 4.69. The van der Waals surface area contributed by atoms with Crippen LogP contribution in [0.25, 0.3) is 11.4 Å². The molecule has 144 valence electrons. The Morgan fingerprint density at radius 3 is 2.86 bits per heavy atom. The maximum atomic E-state index is 13.8. The molecule has 0 saturated carbocycles. The van der Waals surface area contributed by atoms with Crippen molar-refractivity contribution in [2.24, 2.45) is 0 Å². The number of aryl methyl sites for hydroxylation is 1. The van der Waals surface area contributed by atoms with Crippen LogP contribution >= 0.6 is 0 Å². The summed E-state index contributed by atoms with van der Waals surface area (Å²) in [5.74, 6) is -0.733. The Balaban J connectivity index is 1.54. The molecule has 0 radical (unpaired) electrons. The van der Waals surface area contributed by atoms with Crippen LogP contribution in [0, 0.1) is 18.6 Å². The molecule has 4 rings (SSSR count). The largest absolute Gasteiger partial charge is 0.337 e. The van der Waals surface area contributed by atoms with Crippen LogP contribution in [0.3, 0.4) is 0 Å². The quantitative estimate of drug-likeness (QED) is 0.711. The van der Waals surface area contributed by atoms with Gasteiger partial charge in [-0.15, -0.1) is 0 Å². The zero-order valence-electron chi connectivity index (χ0n) is 15.2. The zero-order chi connectivity index (χ0) is 19.7. The summed E-state index contributed by atoms with van der Waals surface area (Å²) in [6.07, 6.45) is 1.42. The molecular formula is C20H18F2N4O2. The van der Waals surface area contributed by atoms with E-state index in [9.17, 15) is 13.6 Å². The lowest BCUT2D eigenvalue weighted by Gasteiger charge is -2.22. The number of nitrogens with one attached hydrogen (secondary N) is 1. The van der Waals surface area contributed by atoms with Gasteiger partial charge in [0, 0.05) is 18.2 Å². The number of likely N-dealkylation sites (tertiary alicyclic amines) is 1. The van der Waals surface area contributed by atoms with Crippen molar-refractivity contribution in [2.45, 2.75) is 25.8 Å². The van der Waals surface area contributed by atoms with Crippen molar-refractivity contribution in [3.05, 3.63) is 65.6 Å². The number of benzene rings is 2. The molecule has 6 nitrogen and oxygen atoms in total. The molecule has 1 atom stereocenters. The zero-order valence-corrected chi connectivity index (χ0v) is 15.2. The van der Waals surface area contributed by atoms with E-state index in [0.29, 0.717) is 24.7 Å².